The fourth-order valence-corrected chi connectivity index (χ4v) is 2.24. The van der Waals surface area contributed by atoms with E-state index in [-0.39, 0.29) is 12.6 Å². The van der Waals surface area contributed by atoms with E-state index in [2.05, 4.69) is 17.6 Å². The third kappa shape index (κ3) is 5.80. The Morgan fingerprint density at radius 1 is 1.40 bits per heavy atom. The number of hydrogen-bond acceptors (Lipinski definition) is 2. The molecule has 3 N–H and O–H groups in total. The summed E-state index contributed by atoms with van der Waals surface area (Å²) in [7, 11) is 0. The summed E-state index contributed by atoms with van der Waals surface area (Å²) < 4.78 is 0. The summed E-state index contributed by atoms with van der Waals surface area (Å²) >= 11 is 5.91. The number of rotatable bonds is 7. The van der Waals surface area contributed by atoms with Crippen molar-refractivity contribution in [2.75, 3.05) is 18.5 Å². The molecule has 5 heteroatoms. The van der Waals surface area contributed by atoms with Crippen LogP contribution in [0.25, 0.3) is 0 Å². The van der Waals surface area contributed by atoms with Crippen molar-refractivity contribution in [2.45, 2.75) is 33.1 Å². The Morgan fingerprint density at radius 2 is 2.15 bits per heavy atom. The molecule has 0 saturated heterocycles. The Bertz CT molecular complexity index is 432. The molecule has 2 amide bonds. The predicted molar refractivity (Wildman–Crippen MR) is 83.3 cm³/mol. The van der Waals surface area contributed by atoms with E-state index in [0.717, 1.165) is 18.4 Å². The van der Waals surface area contributed by atoms with Crippen molar-refractivity contribution in [2.24, 2.45) is 5.92 Å². The van der Waals surface area contributed by atoms with Crippen molar-refractivity contribution in [3.05, 3.63) is 28.8 Å². The first kappa shape index (κ1) is 16.8. The van der Waals surface area contributed by atoms with E-state index < -0.39 is 0 Å². The zero-order valence-electron chi connectivity index (χ0n) is 12.1. The largest absolute Gasteiger partial charge is 0.396 e. The van der Waals surface area contributed by atoms with Crippen LogP contribution in [-0.2, 0) is 0 Å². The highest BCUT2D eigenvalue weighted by atomic mass is 35.5. The van der Waals surface area contributed by atoms with Crippen LogP contribution >= 0.6 is 11.6 Å². The summed E-state index contributed by atoms with van der Waals surface area (Å²) in [5.41, 5.74) is 1.68. The summed E-state index contributed by atoms with van der Waals surface area (Å²) in [6.45, 7) is 4.73. The Labute approximate surface area is 125 Å². The van der Waals surface area contributed by atoms with Crippen molar-refractivity contribution >= 4 is 23.3 Å². The minimum Gasteiger partial charge on any atom is -0.396 e. The van der Waals surface area contributed by atoms with Crippen LogP contribution in [0.5, 0.6) is 0 Å². The molecule has 20 heavy (non-hydrogen) atoms. The molecule has 112 valence electrons. The number of aliphatic hydroxyl groups is 1. The molecule has 1 aromatic rings. The summed E-state index contributed by atoms with van der Waals surface area (Å²) in [6.07, 6.45) is 2.75. The van der Waals surface area contributed by atoms with E-state index in [0.29, 0.717) is 29.6 Å². The maximum Gasteiger partial charge on any atom is 0.319 e. The highest BCUT2D eigenvalue weighted by molar-refractivity contribution is 6.31. The van der Waals surface area contributed by atoms with Crippen molar-refractivity contribution < 1.29 is 9.90 Å². The van der Waals surface area contributed by atoms with Crippen LogP contribution < -0.4 is 10.6 Å². The van der Waals surface area contributed by atoms with Crippen LogP contribution in [0.1, 0.15) is 31.7 Å². The minimum absolute atomic E-state index is 0.154. The number of aliphatic hydroxyl groups excluding tert-OH is 1. The van der Waals surface area contributed by atoms with E-state index in [1.54, 1.807) is 12.1 Å². The van der Waals surface area contributed by atoms with Gasteiger partial charge in [-0.3, -0.25) is 0 Å². The molecule has 0 bridgehead atoms. The zero-order valence-corrected chi connectivity index (χ0v) is 12.8. The molecule has 1 unspecified atom stereocenters. The van der Waals surface area contributed by atoms with Gasteiger partial charge in [0.05, 0.1) is 0 Å². The average molecular weight is 299 g/mol. The van der Waals surface area contributed by atoms with Gasteiger partial charge in [0.2, 0.25) is 0 Å². The predicted octanol–water partition coefficient (Wildman–Crippen LogP) is 3.57. The number of aryl methyl sites for hydroxylation is 1. The number of halogens is 1. The number of carbonyl (C=O) groups is 1. The van der Waals surface area contributed by atoms with Gasteiger partial charge in [-0.2, -0.15) is 0 Å². The molecule has 1 atom stereocenters. The number of urea groups is 1. The summed E-state index contributed by atoms with van der Waals surface area (Å²) in [5, 5.41) is 15.2. The standard InChI is InChI=1S/C15H23ClN2O2/c1-3-4-12(7-8-19)10-17-15(20)18-14-9-13(16)6-5-11(14)2/h5-6,9,12,19H,3-4,7-8,10H2,1-2H3,(H2,17,18,20). The first-order valence-electron chi connectivity index (χ1n) is 6.98. The number of carbonyl (C=O) groups excluding carboxylic acids is 1. The molecule has 1 aromatic carbocycles. The van der Waals surface area contributed by atoms with E-state index in [4.69, 9.17) is 16.7 Å². The Kier molecular flexibility index (Phi) is 7.41. The first-order valence-corrected chi connectivity index (χ1v) is 7.36. The van der Waals surface area contributed by atoms with Gasteiger partial charge in [-0.15, -0.1) is 0 Å². The lowest BCUT2D eigenvalue weighted by atomic mass is 10.0. The molecule has 1 rings (SSSR count). The summed E-state index contributed by atoms with van der Waals surface area (Å²) in [5.74, 6) is 0.316. The van der Waals surface area contributed by atoms with Crippen LogP contribution in [0.3, 0.4) is 0 Å². The SMILES string of the molecule is CCCC(CCO)CNC(=O)Nc1cc(Cl)ccc1C. The fraction of sp³-hybridized carbons (Fsp3) is 0.533. The van der Waals surface area contributed by atoms with E-state index >= 15 is 0 Å². The maximum absolute atomic E-state index is 11.9. The van der Waals surface area contributed by atoms with Gasteiger partial charge in [-0.05, 0) is 43.4 Å². The number of anilines is 1. The zero-order chi connectivity index (χ0) is 15.0. The molecule has 0 aliphatic rings. The highest BCUT2D eigenvalue weighted by Crippen LogP contribution is 2.20. The molecule has 0 saturated carbocycles. The van der Waals surface area contributed by atoms with Gasteiger partial charge < -0.3 is 15.7 Å². The fourth-order valence-electron chi connectivity index (χ4n) is 2.07. The summed E-state index contributed by atoms with van der Waals surface area (Å²) in [6, 6.07) is 5.14. The van der Waals surface area contributed by atoms with Crippen LogP contribution in [0.4, 0.5) is 10.5 Å². The molecular weight excluding hydrogens is 276 g/mol. The van der Waals surface area contributed by atoms with Crippen LogP contribution in [0.15, 0.2) is 18.2 Å². The monoisotopic (exact) mass is 298 g/mol. The highest BCUT2D eigenvalue weighted by Gasteiger charge is 2.10. The molecule has 0 aliphatic heterocycles. The van der Waals surface area contributed by atoms with Gasteiger partial charge in [-0.1, -0.05) is 31.0 Å². The molecule has 4 nitrogen and oxygen atoms in total. The lowest BCUT2D eigenvalue weighted by Crippen LogP contribution is -2.33. The lowest BCUT2D eigenvalue weighted by molar-refractivity contribution is 0.236. The average Bonchev–Trinajstić information content (AvgIpc) is 2.41. The van der Waals surface area contributed by atoms with Crippen LogP contribution in [0.2, 0.25) is 5.02 Å². The Morgan fingerprint density at radius 3 is 2.80 bits per heavy atom. The van der Waals surface area contributed by atoms with Crippen molar-refractivity contribution in [1.82, 2.24) is 5.32 Å². The normalized spacial score (nSPS) is 12.0. The molecule has 0 aromatic heterocycles. The van der Waals surface area contributed by atoms with Gasteiger partial charge in [0.15, 0.2) is 0 Å². The quantitative estimate of drug-likeness (QED) is 0.720. The molecule has 0 fully saturated rings. The minimum atomic E-state index is -0.241. The smallest absolute Gasteiger partial charge is 0.319 e. The van der Waals surface area contributed by atoms with Crippen LogP contribution in [-0.4, -0.2) is 24.3 Å². The van der Waals surface area contributed by atoms with Gasteiger partial charge in [0.25, 0.3) is 0 Å². The van der Waals surface area contributed by atoms with Crippen molar-refractivity contribution in [3.63, 3.8) is 0 Å². The van der Waals surface area contributed by atoms with Gasteiger partial charge in [0.1, 0.15) is 0 Å². The van der Waals surface area contributed by atoms with Gasteiger partial charge in [-0.25, -0.2) is 4.79 Å². The third-order valence-electron chi connectivity index (χ3n) is 3.23. The maximum atomic E-state index is 11.9. The van der Waals surface area contributed by atoms with Gasteiger partial charge in [0, 0.05) is 23.9 Å². The number of nitrogens with one attached hydrogen (secondary N) is 2. The van der Waals surface area contributed by atoms with E-state index in [1.807, 2.05) is 13.0 Å². The molecular formula is C15H23ClN2O2. The molecule has 0 spiro atoms. The number of amides is 2. The second-order valence-corrected chi connectivity index (χ2v) is 5.40. The summed E-state index contributed by atoms with van der Waals surface area (Å²) in [4.78, 5) is 11.9. The number of benzene rings is 1. The Balaban J connectivity index is 2.48. The molecule has 0 heterocycles. The lowest BCUT2D eigenvalue weighted by Gasteiger charge is -2.16. The van der Waals surface area contributed by atoms with Crippen molar-refractivity contribution in [3.8, 4) is 0 Å². The van der Waals surface area contributed by atoms with Gasteiger partial charge >= 0.3 is 6.03 Å². The number of hydrogen-bond donors (Lipinski definition) is 3. The first-order chi connectivity index (χ1) is 9.56. The molecule has 0 aliphatic carbocycles. The molecule has 0 radical (unpaired) electrons. The van der Waals surface area contributed by atoms with Crippen molar-refractivity contribution in [1.29, 1.82) is 0 Å². The second-order valence-electron chi connectivity index (χ2n) is 4.96. The van der Waals surface area contributed by atoms with E-state index in [9.17, 15) is 4.79 Å². The van der Waals surface area contributed by atoms with E-state index in [1.165, 1.54) is 0 Å². The van der Waals surface area contributed by atoms with Crippen LogP contribution in [0, 0.1) is 12.8 Å². The topological polar surface area (TPSA) is 61.4 Å². The third-order valence-corrected chi connectivity index (χ3v) is 3.47. The second kappa shape index (κ2) is 8.82. The Hall–Kier alpha value is -1.26.